The van der Waals surface area contributed by atoms with E-state index in [0.717, 1.165) is 4.90 Å². The van der Waals surface area contributed by atoms with Crippen LogP contribution in [-0.4, -0.2) is 41.5 Å². The van der Waals surface area contributed by atoms with Crippen molar-refractivity contribution in [2.45, 2.75) is 25.9 Å². The molecule has 2 aliphatic rings. The van der Waals surface area contributed by atoms with Crippen LogP contribution in [0.2, 0.25) is 0 Å². The number of nitrogens with zero attached hydrogens (tertiary/aromatic N) is 1. The maximum Gasteiger partial charge on any atom is 0.325 e. The van der Waals surface area contributed by atoms with Crippen LogP contribution in [0.15, 0.2) is 42.5 Å². The zero-order valence-electron chi connectivity index (χ0n) is 16.6. The number of amides is 5. The molecule has 10 heteroatoms. The standard InChI is InChI=1S/C21H20N4O6/c1-12(26)22-14-3-2-4-15(8-14)23-19(27)9-16-20(28)25(21(29)24-16)10-13-5-6-17-18(7-13)31-11-30-17/h2-8,16H,9-11H2,1H3,(H,22,26)(H,23,27)(H,24,29)/t16-/m1/s1. The molecule has 1 saturated heterocycles. The number of hydrogen-bond donors (Lipinski definition) is 3. The molecule has 0 aliphatic carbocycles. The lowest BCUT2D eigenvalue weighted by Gasteiger charge is -2.13. The van der Waals surface area contributed by atoms with Gasteiger partial charge in [-0.15, -0.1) is 0 Å². The van der Waals surface area contributed by atoms with Crippen LogP contribution in [-0.2, 0) is 20.9 Å². The Hall–Kier alpha value is -4.08. The minimum Gasteiger partial charge on any atom is -0.454 e. The van der Waals surface area contributed by atoms with Crippen LogP contribution in [0.3, 0.4) is 0 Å². The number of carbonyl (C=O) groups excluding carboxylic acids is 4. The fraction of sp³-hybridized carbons (Fsp3) is 0.238. The number of fused-ring (bicyclic) bond motifs is 1. The van der Waals surface area contributed by atoms with Gasteiger partial charge in [0.25, 0.3) is 5.91 Å². The molecule has 1 fully saturated rings. The van der Waals surface area contributed by atoms with Crippen LogP contribution in [0, 0.1) is 0 Å². The first-order valence-corrected chi connectivity index (χ1v) is 9.57. The van der Waals surface area contributed by atoms with Crippen LogP contribution in [0.5, 0.6) is 11.5 Å². The minimum atomic E-state index is -0.958. The third-order valence-electron chi connectivity index (χ3n) is 4.74. The molecule has 0 aromatic heterocycles. The van der Waals surface area contributed by atoms with Gasteiger partial charge in [0.15, 0.2) is 11.5 Å². The van der Waals surface area contributed by atoms with E-state index in [9.17, 15) is 19.2 Å². The molecular weight excluding hydrogens is 404 g/mol. The summed E-state index contributed by atoms with van der Waals surface area (Å²) < 4.78 is 10.6. The van der Waals surface area contributed by atoms with E-state index >= 15 is 0 Å². The third kappa shape index (κ3) is 4.58. The second-order valence-corrected chi connectivity index (χ2v) is 7.13. The van der Waals surface area contributed by atoms with E-state index in [1.54, 1.807) is 42.5 Å². The number of benzene rings is 2. The van der Waals surface area contributed by atoms with E-state index in [2.05, 4.69) is 16.0 Å². The highest BCUT2D eigenvalue weighted by Gasteiger charge is 2.39. The van der Waals surface area contributed by atoms with Gasteiger partial charge in [-0.1, -0.05) is 12.1 Å². The summed E-state index contributed by atoms with van der Waals surface area (Å²) in [7, 11) is 0. The first kappa shape index (κ1) is 20.2. The number of rotatable bonds is 6. The van der Waals surface area contributed by atoms with Crippen molar-refractivity contribution in [3.05, 3.63) is 48.0 Å². The Kier molecular flexibility index (Phi) is 5.44. The van der Waals surface area contributed by atoms with Crippen molar-refractivity contribution in [1.29, 1.82) is 0 Å². The van der Waals surface area contributed by atoms with Crippen LogP contribution in [0.1, 0.15) is 18.9 Å². The molecule has 2 heterocycles. The maximum atomic E-state index is 12.7. The van der Waals surface area contributed by atoms with Crippen molar-refractivity contribution >= 4 is 35.1 Å². The van der Waals surface area contributed by atoms with Gasteiger partial charge in [-0.3, -0.25) is 19.3 Å². The number of carbonyl (C=O) groups is 4. The number of anilines is 2. The van der Waals surface area contributed by atoms with E-state index < -0.39 is 23.9 Å². The third-order valence-corrected chi connectivity index (χ3v) is 4.74. The summed E-state index contributed by atoms with van der Waals surface area (Å²) in [6.45, 7) is 1.57. The number of imide groups is 1. The molecule has 3 N–H and O–H groups in total. The second kappa shape index (κ2) is 8.34. The van der Waals surface area contributed by atoms with Crippen LogP contribution in [0.25, 0.3) is 0 Å². The molecule has 31 heavy (non-hydrogen) atoms. The van der Waals surface area contributed by atoms with Crippen LogP contribution >= 0.6 is 0 Å². The summed E-state index contributed by atoms with van der Waals surface area (Å²) in [5, 5.41) is 7.84. The monoisotopic (exact) mass is 424 g/mol. The summed E-state index contributed by atoms with van der Waals surface area (Å²) in [6.07, 6.45) is -0.216. The molecule has 4 rings (SSSR count). The number of ether oxygens (including phenoxy) is 2. The topological polar surface area (TPSA) is 126 Å². The first-order valence-electron chi connectivity index (χ1n) is 9.57. The predicted molar refractivity (Wildman–Crippen MR) is 109 cm³/mol. The fourth-order valence-corrected chi connectivity index (χ4v) is 3.36. The Balaban J connectivity index is 1.36. The van der Waals surface area contributed by atoms with Crippen molar-refractivity contribution in [3.63, 3.8) is 0 Å². The highest BCUT2D eigenvalue weighted by molar-refractivity contribution is 6.07. The Morgan fingerprint density at radius 2 is 1.81 bits per heavy atom. The van der Waals surface area contributed by atoms with Crippen molar-refractivity contribution < 1.29 is 28.7 Å². The van der Waals surface area contributed by atoms with Gasteiger partial charge in [0, 0.05) is 18.3 Å². The van der Waals surface area contributed by atoms with Gasteiger partial charge in [-0.05, 0) is 35.9 Å². The molecule has 0 saturated carbocycles. The number of nitrogens with one attached hydrogen (secondary N) is 3. The lowest BCUT2D eigenvalue weighted by Crippen LogP contribution is -2.34. The molecule has 0 unspecified atom stereocenters. The maximum absolute atomic E-state index is 12.7. The smallest absolute Gasteiger partial charge is 0.325 e. The Bertz CT molecular complexity index is 1070. The Morgan fingerprint density at radius 3 is 2.58 bits per heavy atom. The van der Waals surface area contributed by atoms with Gasteiger partial charge >= 0.3 is 6.03 Å². The van der Waals surface area contributed by atoms with Crippen LogP contribution in [0.4, 0.5) is 16.2 Å². The van der Waals surface area contributed by atoms with E-state index in [1.807, 2.05) is 0 Å². The van der Waals surface area contributed by atoms with Crippen molar-refractivity contribution in [2.24, 2.45) is 0 Å². The largest absolute Gasteiger partial charge is 0.454 e. The quantitative estimate of drug-likeness (QED) is 0.608. The molecule has 0 bridgehead atoms. The highest BCUT2D eigenvalue weighted by Crippen LogP contribution is 2.33. The van der Waals surface area contributed by atoms with Gasteiger partial charge in [-0.25, -0.2) is 4.79 Å². The Labute approximate surface area is 177 Å². The van der Waals surface area contributed by atoms with E-state index in [0.29, 0.717) is 28.4 Å². The molecule has 160 valence electrons. The minimum absolute atomic E-state index is 0.0538. The highest BCUT2D eigenvalue weighted by atomic mass is 16.7. The molecule has 5 amide bonds. The summed E-state index contributed by atoms with van der Waals surface area (Å²) in [4.78, 5) is 49.6. The molecule has 2 aromatic rings. The van der Waals surface area contributed by atoms with Crippen molar-refractivity contribution in [2.75, 3.05) is 17.4 Å². The summed E-state index contributed by atoms with van der Waals surface area (Å²) in [5.74, 6) is 0.0127. The van der Waals surface area contributed by atoms with E-state index in [4.69, 9.17) is 9.47 Å². The Morgan fingerprint density at radius 1 is 1.06 bits per heavy atom. The zero-order chi connectivity index (χ0) is 22.0. The van der Waals surface area contributed by atoms with Gasteiger partial charge in [0.05, 0.1) is 13.0 Å². The van der Waals surface area contributed by atoms with Gasteiger partial charge < -0.3 is 25.4 Å². The first-order chi connectivity index (χ1) is 14.9. The van der Waals surface area contributed by atoms with Gasteiger partial charge in [0.2, 0.25) is 18.6 Å². The van der Waals surface area contributed by atoms with Crippen molar-refractivity contribution in [3.8, 4) is 11.5 Å². The lowest BCUT2D eigenvalue weighted by atomic mass is 10.1. The van der Waals surface area contributed by atoms with E-state index in [1.165, 1.54) is 6.92 Å². The lowest BCUT2D eigenvalue weighted by molar-refractivity contribution is -0.130. The predicted octanol–water partition coefficient (Wildman–Crippen LogP) is 1.82. The number of urea groups is 1. The average molecular weight is 424 g/mol. The molecule has 0 radical (unpaired) electrons. The molecule has 0 spiro atoms. The summed E-state index contributed by atoms with van der Waals surface area (Å²) in [5.41, 5.74) is 1.70. The van der Waals surface area contributed by atoms with Crippen molar-refractivity contribution in [1.82, 2.24) is 10.2 Å². The molecule has 2 aromatic carbocycles. The summed E-state index contributed by atoms with van der Waals surface area (Å²) in [6, 6.07) is 10.3. The van der Waals surface area contributed by atoms with Gasteiger partial charge in [0.1, 0.15) is 6.04 Å². The van der Waals surface area contributed by atoms with E-state index in [-0.39, 0.29) is 25.7 Å². The average Bonchev–Trinajstić information content (AvgIpc) is 3.27. The molecular formula is C21H20N4O6. The molecule has 10 nitrogen and oxygen atoms in total. The fourth-order valence-electron chi connectivity index (χ4n) is 3.36. The molecule has 1 atom stereocenters. The SMILES string of the molecule is CC(=O)Nc1cccc(NC(=O)C[C@H]2NC(=O)N(Cc3ccc4c(c3)OCO4)C2=O)c1. The normalized spacial score (nSPS) is 16.8. The second-order valence-electron chi connectivity index (χ2n) is 7.13. The zero-order valence-corrected chi connectivity index (χ0v) is 16.6. The van der Waals surface area contributed by atoms with Gasteiger partial charge in [-0.2, -0.15) is 0 Å². The summed E-state index contributed by atoms with van der Waals surface area (Å²) >= 11 is 0. The number of hydrogen-bond acceptors (Lipinski definition) is 6. The molecule has 2 aliphatic heterocycles. The van der Waals surface area contributed by atoms with Crippen LogP contribution < -0.4 is 25.4 Å².